The maximum atomic E-state index is 13.7. The molecule has 4 aromatic rings. The number of aryl methyl sites for hydroxylation is 1. The summed E-state index contributed by atoms with van der Waals surface area (Å²) in [7, 11) is 3.66. The van der Waals surface area contributed by atoms with Crippen LogP contribution in [0.25, 0.3) is 22.1 Å². The van der Waals surface area contributed by atoms with Gasteiger partial charge in [-0.25, -0.2) is 0 Å². The summed E-state index contributed by atoms with van der Waals surface area (Å²) in [5, 5.41) is 49.6. The summed E-state index contributed by atoms with van der Waals surface area (Å²) in [6.07, 6.45) is 14.3. The molecule has 85 heavy (non-hydrogen) atoms. The van der Waals surface area contributed by atoms with Gasteiger partial charge in [-0.2, -0.15) is 30.4 Å². The molecule has 8 fully saturated rings. The van der Waals surface area contributed by atoms with Crippen LogP contribution < -0.4 is 113 Å². The van der Waals surface area contributed by atoms with E-state index >= 15 is 0 Å². The van der Waals surface area contributed by atoms with Gasteiger partial charge >= 0.3 is 109 Å². The fourth-order valence-electron chi connectivity index (χ4n) is 19.1. The van der Waals surface area contributed by atoms with E-state index in [1.807, 2.05) is 46.1 Å². The number of halogens is 4. The molecule has 0 bridgehead atoms. The van der Waals surface area contributed by atoms with Crippen molar-refractivity contribution in [2.24, 2.45) is 80.8 Å². The second-order valence-electron chi connectivity index (χ2n) is 26.9. The monoisotopic (exact) mass is 1310 g/mol. The molecule has 3 N–H and O–H groups in total. The zero-order valence-electron chi connectivity index (χ0n) is 51.3. The minimum atomic E-state index is -4.79. The number of H-pyrrole nitrogens is 1. The van der Waals surface area contributed by atoms with Crippen molar-refractivity contribution < 1.29 is 166 Å². The van der Waals surface area contributed by atoms with E-state index in [0.717, 1.165) is 114 Å². The predicted molar refractivity (Wildman–Crippen MR) is 312 cm³/mol. The van der Waals surface area contributed by atoms with Crippen molar-refractivity contribution in [2.45, 2.75) is 189 Å². The van der Waals surface area contributed by atoms with E-state index in [1.54, 1.807) is 7.11 Å². The Bertz CT molecular complexity index is 2870. The van der Waals surface area contributed by atoms with E-state index in [-0.39, 0.29) is 183 Å². The summed E-state index contributed by atoms with van der Waals surface area (Å²) >= 11 is 3.43. The minimum absolute atomic E-state index is 0. The van der Waals surface area contributed by atoms with Gasteiger partial charge in [-0.3, -0.25) is 14.4 Å². The Hall–Kier alpha value is -0.807. The van der Waals surface area contributed by atoms with Gasteiger partial charge in [0.2, 0.25) is 0 Å². The third-order valence-corrected chi connectivity index (χ3v) is 23.0. The molecule has 16 nitrogen and oxygen atoms in total. The second-order valence-corrected chi connectivity index (χ2v) is 27.4. The minimum Gasteiger partial charge on any atom is -1.00 e. The number of hydrogen-bond acceptors (Lipinski definition) is 14. The van der Waals surface area contributed by atoms with Gasteiger partial charge in [-0.15, -0.1) is 13.2 Å². The van der Waals surface area contributed by atoms with Gasteiger partial charge in [0.05, 0.1) is 29.7 Å². The third-order valence-electron chi connectivity index (χ3n) is 22.5. The van der Waals surface area contributed by atoms with Crippen molar-refractivity contribution >= 4 is 56.0 Å². The summed E-state index contributed by atoms with van der Waals surface area (Å²) in [5.41, 5.74) is 3.12. The number of hydrogen-bond donors (Lipinski definition) is 3. The standard InChI is InChI=1S/C30H40F3N3O4.C23H37BrO3.C7H7N3.CH2O3.2CH4.2K.H/c1-27(38)12-13-29(17-39-3)18(15-27)4-6-20-21-7-8-23(28(21,2)11-10-22(20)29)26(37)16-36-34-24-9-5-19(14-25(24)35-36)40-30(31,32)33;1-21(26)10-11-23(14-27-3)15(12-21)4-5-16-17-6-7-19(20(25)13-24)22(17,2)9-8-18(16)23;1-5-2-3-6-7(4-5)9-10-8-6;2-1-4-3;;;;;/h5,9,14,18,20-23,38H,4,6-8,10-13,15-17H2,1-3H3;15-19,26H,4-14H2,1-3H3;2-4H,1H3,(H,8,9,10);1,3H;2*1H4;;;/q;;;;;;2*+1;-1/p-1/t18-,20+,21+,22+,23-,27-,28+,29-;15-,16+,17+,18+,19-,21-,22+,23-;;;;;;;/m11......./s1. The Balaban J connectivity index is 0.000000297. The van der Waals surface area contributed by atoms with Crippen LogP contribution in [0.3, 0.4) is 0 Å². The largest absolute Gasteiger partial charge is 1.00 e. The van der Waals surface area contributed by atoms with Crippen molar-refractivity contribution in [2.75, 3.05) is 32.8 Å². The van der Waals surface area contributed by atoms with Gasteiger partial charge in [0.15, 0.2) is 5.78 Å². The molecular formula is C63H94BrF3K2N6O10. The number of aliphatic hydroxyl groups is 2. The van der Waals surface area contributed by atoms with Crippen LogP contribution in [0.1, 0.15) is 165 Å². The molecule has 0 radical (unpaired) electrons. The number of aromatic nitrogens is 6. The van der Waals surface area contributed by atoms with Gasteiger partial charge in [0.25, 0.3) is 6.47 Å². The smallest absolute Gasteiger partial charge is 1.00 e. The van der Waals surface area contributed by atoms with Crippen LogP contribution in [0.4, 0.5) is 13.2 Å². The van der Waals surface area contributed by atoms with E-state index in [1.165, 1.54) is 60.7 Å². The number of nitrogens with zero attached hydrogens (tertiary/aromatic N) is 5. The number of benzene rings is 2. The molecule has 2 heterocycles. The van der Waals surface area contributed by atoms with E-state index < -0.39 is 17.6 Å². The van der Waals surface area contributed by atoms with Crippen LogP contribution in [0.15, 0.2) is 36.4 Å². The Morgan fingerprint density at radius 3 is 1.66 bits per heavy atom. The molecule has 0 aliphatic heterocycles. The summed E-state index contributed by atoms with van der Waals surface area (Å²) in [6.45, 7) is 12.2. The first-order valence-electron chi connectivity index (χ1n) is 29.5. The van der Waals surface area contributed by atoms with Crippen molar-refractivity contribution in [3.05, 3.63) is 42.0 Å². The van der Waals surface area contributed by atoms with Crippen LogP contribution >= 0.6 is 15.9 Å². The van der Waals surface area contributed by atoms with Gasteiger partial charge in [0, 0.05) is 32.1 Å². The molecule has 0 saturated heterocycles. The molecule has 0 unspecified atom stereocenters. The van der Waals surface area contributed by atoms with Crippen LogP contribution in [0.5, 0.6) is 5.75 Å². The third kappa shape index (κ3) is 15.7. The van der Waals surface area contributed by atoms with E-state index in [0.29, 0.717) is 58.1 Å². The van der Waals surface area contributed by atoms with E-state index in [4.69, 9.17) is 19.5 Å². The zero-order valence-corrected chi connectivity index (χ0v) is 58.1. The van der Waals surface area contributed by atoms with Gasteiger partial charge in [0.1, 0.15) is 40.1 Å². The molecule has 8 aliphatic rings. The van der Waals surface area contributed by atoms with Crippen molar-refractivity contribution in [1.82, 2.24) is 30.4 Å². The molecule has 12 rings (SSSR count). The number of carbonyl (C=O) groups excluding carboxylic acids is 3. The first-order valence-corrected chi connectivity index (χ1v) is 30.6. The summed E-state index contributed by atoms with van der Waals surface area (Å²) in [5.74, 6) is 5.14. The molecule has 0 spiro atoms. The number of methoxy groups -OCH3 is 2. The number of ketones is 2. The molecule has 8 aliphatic carbocycles. The first kappa shape index (κ1) is 74.9. The number of Topliss-reactive ketones (excluding diaryl/α,β-unsaturated/α-hetero) is 2. The Morgan fingerprint density at radius 2 is 1.18 bits per heavy atom. The van der Waals surface area contributed by atoms with Gasteiger partial charge in [-0.05, 0) is 235 Å². The number of ether oxygens (including phenoxy) is 3. The number of rotatable bonds is 11. The first-order chi connectivity index (χ1) is 38.4. The van der Waals surface area contributed by atoms with Crippen LogP contribution in [-0.4, -0.2) is 109 Å². The summed E-state index contributed by atoms with van der Waals surface area (Å²) in [4.78, 5) is 38.9. The SMILES string of the molecule is C.C.COC[C@]12CC[C@@](C)(O)C[C@H]1CC[C@H]1[C@@H]3CC[C@H](C(=O)CBr)[C@@]3(C)CC[C@@H]12.COC[C@]12CC[C@@](C)(O)C[C@H]1CC[C@H]1[C@@H]3CC[C@H](C(=O)Cn4nc5ccc(OC(F)(F)F)cc5n4)[C@@]3(C)CC[C@@H]12.Cc1ccc2n[nH]nc2c1.O=CO[O-].[H-].[K+].[K+]. The molecular weight excluding hydrogens is 1220 g/mol. The van der Waals surface area contributed by atoms with Crippen LogP contribution in [0, 0.1) is 87.8 Å². The van der Waals surface area contributed by atoms with Gasteiger partial charge < -0.3 is 36.0 Å². The Morgan fingerprint density at radius 1 is 0.694 bits per heavy atom. The topological polar surface area (TPSA) is 224 Å². The number of nitrogens with one attached hydrogen (secondary N) is 1. The summed E-state index contributed by atoms with van der Waals surface area (Å²) < 4.78 is 53.5. The van der Waals surface area contributed by atoms with Gasteiger partial charge in [-0.1, -0.05) is 50.7 Å². The maximum absolute atomic E-state index is 13.7. The number of aromatic amines is 1. The molecule has 16 atom stereocenters. The zero-order chi connectivity index (χ0) is 58.3. The van der Waals surface area contributed by atoms with Crippen molar-refractivity contribution in [3.8, 4) is 5.75 Å². The van der Waals surface area contributed by atoms with E-state index in [2.05, 4.69) is 65.0 Å². The average molecular weight is 1310 g/mol. The number of alkyl halides is 4. The van der Waals surface area contributed by atoms with Crippen molar-refractivity contribution in [1.29, 1.82) is 0 Å². The molecule has 8 saturated carbocycles. The Labute approximate surface area is 596 Å². The molecule has 2 aromatic heterocycles. The van der Waals surface area contributed by atoms with Crippen LogP contribution in [-0.2, 0) is 35.3 Å². The molecule has 0 amide bonds. The fraction of sp³-hybridized carbons (Fsp3) is 0.762. The van der Waals surface area contributed by atoms with Crippen LogP contribution in [0.2, 0.25) is 0 Å². The average Bonchev–Trinajstić information content (AvgIpc) is 1.33. The number of fused-ring (bicyclic) bond motifs is 12. The maximum Gasteiger partial charge on any atom is 1.00 e. The van der Waals surface area contributed by atoms with E-state index in [9.17, 15) is 33.0 Å². The number of carbonyl (C=O) groups is 3. The predicted octanol–water partition coefficient (Wildman–Crippen LogP) is 6.02. The fourth-order valence-corrected chi connectivity index (χ4v) is 19.5. The molecule has 2 aromatic carbocycles. The second kappa shape index (κ2) is 30.3. The Kier molecular flexibility index (Phi) is 26.7. The quantitative estimate of drug-likeness (QED) is 0.0514. The summed E-state index contributed by atoms with van der Waals surface area (Å²) in [6, 6.07) is 9.80. The normalized spacial score (nSPS) is 36.5. The molecule has 466 valence electrons. The van der Waals surface area contributed by atoms with Crippen molar-refractivity contribution in [3.63, 3.8) is 0 Å². The molecule has 22 heteroatoms.